The Balaban J connectivity index is 1.79. The lowest BCUT2D eigenvalue weighted by atomic mass is 10.2. The lowest BCUT2D eigenvalue weighted by molar-refractivity contribution is -0.121. The zero-order chi connectivity index (χ0) is 19.2. The van der Waals surface area contributed by atoms with Gasteiger partial charge in [0.25, 0.3) is 0 Å². The summed E-state index contributed by atoms with van der Waals surface area (Å²) in [6, 6.07) is 13.4. The van der Waals surface area contributed by atoms with Gasteiger partial charge in [-0.2, -0.15) is 4.31 Å². The standard InChI is InChI=1S/C18H21ClN2O4S/c1-14-3-9-17(10-4-14)26(23,24)21(2)13-18(22)20-11-12-25-16-7-5-15(19)6-8-16/h3-10H,11-13H2,1-2H3,(H,20,22). The van der Waals surface area contributed by atoms with Crippen LogP contribution >= 0.6 is 11.6 Å². The summed E-state index contributed by atoms with van der Waals surface area (Å²) in [5, 5.41) is 3.25. The molecule has 2 aromatic carbocycles. The highest BCUT2D eigenvalue weighted by molar-refractivity contribution is 7.89. The molecule has 0 aliphatic heterocycles. The topological polar surface area (TPSA) is 75.7 Å². The van der Waals surface area contributed by atoms with E-state index in [0.717, 1.165) is 9.87 Å². The molecule has 0 aliphatic carbocycles. The number of ether oxygens (including phenoxy) is 1. The van der Waals surface area contributed by atoms with Gasteiger partial charge in [-0.05, 0) is 43.3 Å². The highest BCUT2D eigenvalue weighted by atomic mass is 35.5. The van der Waals surface area contributed by atoms with E-state index in [9.17, 15) is 13.2 Å². The molecule has 8 heteroatoms. The molecule has 1 N–H and O–H groups in total. The minimum absolute atomic E-state index is 0.157. The number of aryl methyl sites for hydroxylation is 1. The molecule has 1 amide bonds. The SMILES string of the molecule is Cc1ccc(S(=O)(=O)N(C)CC(=O)NCCOc2ccc(Cl)cc2)cc1. The predicted octanol–water partition coefficient (Wildman–Crippen LogP) is 2.46. The molecule has 0 saturated heterocycles. The van der Waals surface area contributed by atoms with Crippen LogP contribution in [0.15, 0.2) is 53.4 Å². The third kappa shape index (κ3) is 5.72. The third-order valence-corrected chi connectivity index (χ3v) is 5.67. The number of nitrogens with zero attached hydrogens (tertiary/aromatic N) is 1. The number of likely N-dealkylation sites (N-methyl/N-ethyl adjacent to an activating group) is 1. The lowest BCUT2D eigenvalue weighted by Crippen LogP contribution is -2.39. The van der Waals surface area contributed by atoms with Gasteiger partial charge in [-0.15, -0.1) is 0 Å². The quantitative estimate of drug-likeness (QED) is 0.695. The maximum Gasteiger partial charge on any atom is 0.243 e. The summed E-state index contributed by atoms with van der Waals surface area (Å²) < 4.78 is 31.3. The number of rotatable bonds is 8. The summed E-state index contributed by atoms with van der Waals surface area (Å²) in [6.45, 7) is 2.14. The van der Waals surface area contributed by atoms with E-state index < -0.39 is 15.9 Å². The highest BCUT2D eigenvalue weighted by Gasteiger charge is 2.22. The van der Waals surface area contributed by atoms with Gasteiger partial charge in [0.05, 0.1) is 18.0 Å². The number of benzene rings is 2. The van der Waals surface area contributed by atoms with E-state index in [-0.39, 0.29) is 24.6 Å². The first-order valence-electron chi connectivity index (χ1n) is 7.97. The molecule has 2 aromatic rings. The summed E-state index contributed by atoms with van der Waals surface area (Å²) in [6.07, 6.45) is 0. The fourth-order valence-corrected chi connectivity index (χ4v) is 3.38. The summed E-state index contributed by atoms with van der Waals surface area (Å²) in [5.74, 6) is 0.241. The first kappa shape index (κ1) is 20.2. The summed E-state index contributed by atoms with van der Waals surface area (Å²) in [7, 11) is -2.33. The van der Waals surface area contributed by atoms with Crippen LogP contribution in [0.1, 0.15) is 5.56 Å². The monoisotopic (exact) mass is 396 g/mol. The molecule has 0 heterocycles. The summed E-state index contributed by atoms with van der Waals surface area (Å²) in [4.78, 5) is 12.1. The van der Waals surface area contributed by atoms with Gasteiger partial charge in [0.2, 0.25) is 15.9 Å². The van der Waals surface area contributed by atoms with E-state index in [1.165, 1.54) is 19.2 Å². The Morgan fingerprint density at radius 1 is 1.12 bits per heavy atom. The van der Waals surface area contributed by atoms with Crippen molar-refractivity contribution in [3.63, 3.8) is 0 Å². The Morgan fingerprint density at radius 3 is 2.35 bits per heavy atom. The Bertz CT molecular complexity index is 836. The minimum Gasteiger partial charge on any atom is -0.492 e. The average molecular weight is 397 g/mol. The van der Waals surface area contributed by atoms with E-state index >= 15 is 0 Å². The molecule has 2 rings (SSSR count). The van der Waals surface area contributed by atoms with Crippen LogP contribution in [-0.2, 0) is 14.8 Å². The van der Waals surface area contributed by atoms with Gasteiger partial charge in [-0.25, -0.2) is 8.42 Å². The van der Waals surface area contributed by atoms with Crippen molar-refractivity contribution in [3.05, 3.63) is 59.1 Å². The van der Waals surface area contributed by atoms with Crippen LogP contribution in [0, 0.1) is 6.92 Å². The van der Waals surface area contributed by atoms with Crippen molar-refractivity contribution >= 4 is 27.5 Å². The van der Waals surface area contributed by atoms with E-state index in [0.29, 0.717) is 10.8 Å². The molecule has 26 heavy (non-hydrogen) atoms. The van der Waals surface area contributed by atoms with Crippen LogP contribution in [0.2, 0.25) is 5.02 Å². The fraction of sp³-hybridized carbons (Fsp3) is 0.278. The van der Waals surface area contributed by atoms with Crippen LogP contribution in [0.5, 0.6) is 5.75 Å². The third-order valence-electron chi connectivity index (χ3n) is 3.60. The number of amides is 1. The van der Waals surface area contributed by atoms with Gasteiger partial charge in [0.1, 0.15) is 12.4 Å². The number of carbonyl (C=O) groups is 1. The number of hydrogen-bond donors (Lipinski definition) is 1. The first-order valence-corrected chi connectivity index (χ1v) is 9.79. The predicted molar refractivity (Wildman–Crippen MR) is 101 cm³/mol. The number of sulfonamides is 1. The van der Waals surface area contributed by atoms with Gasteiger partial charge in [0.15, 0.2) is 0 Å². The number of nitrogens with one attached hydrogen (secondary N) is 1. The Morgan fingerprint density at radius 2 is 1.73 bits per heavy atom. The van der Waals surface area contributed by atoms with Gasteiger partial charge >= 0.3 is 0 Å². The maximum absolute atomic E-state index is 12.4. The van der Waals surface area contributed by atoms with Crippen molar-refractivity contribution in [2.75, 3.05) is 26.7 Å². The Hall–Kier alpha value is -2.09. The molecular weight excluding hydrogens is 376 g/mol. The normalized spacial score (nSPS) is 11.4. The molecule has 0 unspecified atom stereocenters. The second-order valence-electron chi connectivity index (χ2n) is 5.73. The van der Waals surface area contributed by atoms with Crippen molar-refractivity contribution < 1.29 is 17.9 Å². The van der Waals surface area contributed by atoms with Crippen molar-refractivity contribution in [1.29, 1.82) is 0 Å². The maximum atomic E-state index is 12.4. The van der Waals surface area contributed by atoms with E-state index in [2.05, 4.69) is 5.32 Å². The second-order valence-corrected chi connectivity index (χ2v) is 8.21. The average Bonchev–Trinajstić information content (AvgIpc) is 2.60. The molecule has 0 aromatic heterocycles. The smallest absolute Gasteiger partial charge is 0.243 e. The van der Waals surface area contributed by atoms with Crippen molar-refractivity contribution in [2.24, 2.45) is 0 Å². The Kier molecular flexibility index (Phi) is 7.02. The van der Waals surface area contributed by atoms with Crippen molar-refractivity contribution in [3.8, 4) is 5.75 Å². The van der Waals surface area contributed by atoms with E-state index in [4.69, 9.17) is 16.3 Å². The van der Waals surface area contributed by atoms with Crippen LogP contribution < -0.4 is 10.1 Å². The van der Waals surface area contributed by atoms with Crippen LogP contribution in [-0.4, -0.2) is 45.4 Å². The molecule has 140 valence electrons. The van der Waals surface area contributed by atoms with Gasteiger partial charge in [0, 0.05) is 12.1 Å². The zero-order valence-electron chi connectivity index (χ0n) is 14.6. The van der Waals surface area contributed by atoms with Crippen LogP contribution in [0.3, 0.4) is 0 Å². The van der Waals surface area contributed by atoms with E-state index in [1.54, 1.807) is 36.4 Å². The molecule has 0 fully saturated rings. The minimum atomic E-state index is -3.70. The molecular formula is C18H21ClN2O4S. The van der Waals surface area contributed by atoms with Gasteiger partial charge in [-0.1, -0.05) is 29.3 Å². The molecule has 0 atom stereocenters. The number of hydrogen-bond acceptors (Lipinski definition) is 4. The zero-order valence-corrected chi connectivity index (χ0v) is 16.2. The lowest BCUT2D eigenvalue weighted by Gasteiger charge is -2.17. The summed E-state index contributed by atoms with van der Waals surface area (Å²) >= 11 is 5.79. The fourth-order valence-electron chi connectivity index (χ4n) is 2.12. The van der Waals surface area contributed by atoms with Gasteiger partial charge in [-0.3, -0.25) is 4.79 Å². The van der Waals surface area contributed by atoms with Crippen LogP contribution in [0.25, 0.3) is 0 Å². The first-order chi connectivity index (χ1) is 12.3. The van der Waals surface area contributed by atoms with E-state index in [1.807, 2.05) is 6.92 Å². The molecule has 0 aliphatic rings. The Labute approximate surface area is 158 Å². The second kappa shape index (κ2) is 9.02. The highest BCUT2D eigenvalue weighted by Crippen LogP contribution is 2.15. The molecule has 0 spiro atoms. The van der Waals surface area contributed by atoms with Gasteiger partial charge < -0.3 is 10.1 Å². The molecule has 6 nitrogen and oxygen atoms in total. The molecule has 0 radical (unpaired) electrons. The van der Waals surface area contributed by atoms with Crippen molar-refractivity contribution in [1.82, 2.24) is 9.62 Å². The summed E-state index contributed by atoms with van der Waals surface area (Å²) in [5.41, 5.74) is 0.963. The molecule has 0 saturated carbocycles. The molecule has 0 bridgehead atoms. The number of halogens is 1. The van der Waals surface area contributed by atoms with Crippen molar-refractivity contribution in [2.45, 2.75) is 11.8 Å². The van der Waals surface area contributed by atoms with Crippen LogP contribution in [0.4, 0.5) is 0 Å². The number of carbonyl (C=O) groups excluding carboxylic acids is 1. The largest absolute Gasteiger partial charge is 0.492 e.